The molecule has 90 valence electrons. The summed E-state index contributed by atoms with van der Waals surface area (Å²) in [5.41, 5.74) is 5.67. The monoisotopic (exact) mass is 214 g/mol. The van der Waals surface area contributed by atoms with Crippen LogP contribution in [0.25, 0.3) is 0 Å². The summed E-state index contributed by atoms with van der Waals surface area (Å²) in [6.07, 6.45) is 1.62. The molecule has 0 fully saturated rings. The number of amides is 1. The molecule has 0 spiro atoms. The maximum Gasteiger partial charge on any atom is 0.222 e. The first-order chi connectivity index (χ1) is 6.88. The zero-order chi connectivity index (χ0) is 12.0. The maximum atomic E-state index is 11.8. The lowest BCUT2D eigenvalue weighted by molar-refractivity contribution is -0.132. The summed E-state index contributed by atoms with van der Waals surface area (Å²) in [4.78, 5) is 13.6. The van der Waals surface area contributed by atoms with Gasteiger partial charge in [0.2, 0.25) is 5.91 Å². The molecule has 0 aliphatic heterocycles. The number of carbonyl (C=O) groups is 1. The third-order valence-corrected chi connectivity index (χ3v) is 2.77. The quantitative estimate of drug-likeness (QED) is 0.733. The third kappa shape index (κ3) is 5.78. The van der Waals surface area contributed by atoms with Crippen molar-refractivity contribution in [2.45, 2.75) is 46.6 Å². The van der Waals surface area contributed by atoms with E-state index >= 15 is 0 Å². The van der Waals surface area contributed by atoms with E-state index in [2.05, 4.69) is 13.8 Å². The number of carbonyl (C=O) groups excluding carboxylic acids is 1. The lowest BCUT2D eigenvalue weighted by Gasteiger charge is -2.24. The van der Waals surface area contributed by atoms with Gasteiger partial charge in [-0.05, 0) is 38.6 Å². The van der Waals surface area contributed by atoms with Crippen LogP contribution in [0.1, 0.15) is 40.5 Å². The highest BCUT2D eigenvalue weighted by molar-refractivity contribution is 5.76. The predicted octanol–water partition coefficient (Wildman–Crippen LogP) is 1.86. The molecule has 0 saturated heterocycles. The van der Waals surface area contributed by atoms with Gasteiger partial charge in [-0.1, -0.05) is 13.8 Å². The van der Waals surface area contributed by atoms with E-state index in [1.165, 1.54) is 0 Å². The smallest absolute Gasteiger partial charge is 0.222 e. The lowest BCUT2D eigenvalue weighted by Crippen LogP contribution is -2.35. The van der Waals surface area contributed by atoms with Gasteiger partial charge in [0, 0.05) is 19.5 Å². The fourth-order valence-electron chi connectivity index (χ4n) is 1.61. The Kier molecular flexibility index (Phi) is 6.57. The van der Waals surface area contributed by atoms with E-state index in [0.29, 0.717) is 24.8 Å². The summed E-state index contributed by atoms with van der Waals surface area (Å²) in [6.45, 7) is 8.99. The molecule has 0 saturated carbocycles. The van der Waals surface area contributed by atoms with E-state index in [0.717, 1.165) is 6.42 Å². The van der Waals surface area contributed by atoms with Crippen molar-refractivity contribution in [2.75, 3.05) is 13.6 Å². The van der Waals surface area contributed by atoms with Gasteiger partial charge in [0.05, 0.1) is 0 Å². The Morgan fingerprint density at radius 1 is 1.27 bits per heavy atom. The van der Waals surface area contributed by atoms with Crippen molar-refractivity contribution < 1.29 is 4.79 Å². The predicted molar refractivity (Wildman–Crippen MR) is 64.5 cm³/mol. The SMILES string of the molecule is CC(C)C[C@H](CN)CC(=O)N(C)C(C)C. The van der Waals surface area contributed by atoms with Gasteiger partial charge < -0.3 is 10.6 Å². The number of nitrogens with zero attached hydrogens (tertiary/aromatic N) is 1. The Hall–Kier alpha value is -0.570. The van der Waals surface area contributed by atoms with Gasteiger partial charge in [0.1, 0.15) is 0 Å². The highest BCUT2D eigenvalue weighted by atomic mass is 16.2. The zero-order valence-electron chi connectivity index (χ0n) is 10.8. The Morgan fingerprint density at radius 2 is 1.80 bits per heavy atom. The first-order valence-corrected chi connectivity index (χ1v) is 5.84. The van der Waals surface area contributed by atoms with Crippen molar-refractivity contribution in [1.29, 1.82) is 0 Å². The molecule has 0 aromatic carbocycles. The summed E-state index contributed by atoms with van der Waals surface area (Å²) in [7, 11) is 1.86. The minimum atomic E-state index is 0.209. The first-order valence-electron chi connectivity index (χ1n) is 5.84. The molecule has 0 aliphatic carbocycles. The molecule has 15 heavy (non-hydrogen) atoms. The second-order valence-electron chi connectivity index (χ2n) is 5.03. The third-order valence-electron chi connectivity index (χ3n) is 2.77. The van der Waals surface area contributed by atoms with Crippen LogP contribution in [0.4, 0.5) is 0 Å². The van der Waals surface area contributed by atoms with Crippen LogP contribution in [-0.2, 0) is 4.79 Å². The molecule has 0 aromatic rings. The van der Waals surface area contributed by atoms with E-state index in [9.17, 15) is 4.79 Å². The van der Waals surface area contributed by atoms with E-state index in [1.54, 1.807) is 4.90 Å². The van der Waals surface area contributed by atoms with Crippen LogP contribution in [-0.4, -0.2) is 30.4 Å². The van der Waals surface area contributed by atoms with Crippen molar-refractivity contribution >= 4 is 5.91 Å². The zero-order valence-corrected chi connectivity index (χ0v) is 10.8. The molecular weight excluding hydrogens is 188 g/mol. The lowest BCUT2D eigenvalue weighted by atomic mass is 9.93. The summed E-state index contributed by atoms with van der Waals surface area (Å²) in [5.74, 6) is 1.15. The molecule has 0 heterocycles. The molecule has 0 bridgehead atoms. The average Bonchev–Trinajstić information content (AvgIpc) is 2.14. The normalized spacial score (nSPS) is 13.3. The molecule has 0 unspecified atom stereocenters. The number of rotatable bonds is 6. The number of nitrogens with two attached hydrogens (primary N) is 1. The second-order valence-corrected chi connectivity index (χ2v) is 5.03. The van der Waals surface area contributed by atoms with Crippen LogP contribution in [0, 0.1) is 11.8 Å². The van der Waals surface area contributed by atoms with Crippen molar-refractivity contribution in [3.8, 4) is 0 Å². The van der Waals surface area contributed by atoms with Gasteiger partial charge in [-0.2, -0.15) is 0 Å². The summed E-state index contributed by atoms with van der Waals surface area (Å²) in [6, 6.07) is 0.273. The van der Waals surface area contributed by atoms with Crippen LogP contribution >= 0.6 is 0 Å². The molecule has 2 N–H and O–H groups in total. The molecule has 1 atom stereocenters. The van der Waals surface area contributed by atoms with Crippen molar-refractivity contribution in [1.82, 2.24) is 4.90 Å². The van der Waals surface area contributed by atoms with E-state index in [-0.39, 0.29) is 11.9 Å². The van der Waals surface area contributed by atoms with Gasteiger partial charge in [-0.25, -0.2) is 0 Å². The van der Waals surface area contributed by atoms with Crippen LogP contribution in [0.3, 0.4) is 0 Å². The van der Waals surface area contributed by atoms with Crippen molar-refractivity contribution in [3.05, 3.63) is 0 Å². The Morgan fingerprint density at radius 3 is 2.13 bits per heavy atom. The van der Waals surface area contributed by atoms with Crippen molar-refractivity contribution in [2.24, 2.45) is 17.6 Å². The number of hydrogen-bond acceptors (Lipinski definition) is 2. The topological polar surface area (TPSA) is 46.3 Å². The minimum Gasteiger partial charge on any atom is -0.343 e. The Bertz CT molecular complexity index is 190. The molecule has 0 aromatic heterocycles. The van der Waals surface area contributed by atoms with Crippen LogP contribution in [0.2, 0.25) is 0 Å². The fraction of sp³-hybridized carbons (Fsp3) is 0.917. The summed E-state index contributed by atoms with van der Waals surface area (Å²) >= 11 is 0. The van der Waals surface area contributed by atoms with Gasteiger partial charge >= 0.3 is 0 Å². The minimum absolute atomic E-state index is 0.209. The highest BCUT2D eigenvalue weighted by Crippen LogP contribution is 2.15. The van der Waals surface area contributed by atoms with Crippen LogP contribution < -0.4 is 5.73 Å². The van der Waals surface area contributed by atoms with Gasteiger partial charge in [0.25, 0.3) is 0 Å². The second kappa shape index (κ2) is 6.83. The first kappa shape index (κ1) is 14.4. The van der Waals surface area contributed by atoms with Gasteiger partial charge in [0.15, 0.2) is 0 Å². The van der Waals surface area contributed by atoms with E-state index in [1.807, 2.05) is 20.9 Å². The molecule has 1 amide bonds. The molecule has 0 aliphatic rings. The maximum absolute atomic E-state index is 11.8. The Balaban J connectivity index is 4.12. The van der Waals surface area contributed by atoms with E-state index < -0.39 is 0 Å². The molecule has 3 heteroatoms. The van der Waals surface area contributed by atoms with Crippen LogP contribution in [0.15, 0.2) is 0 Å². The molecule has 0 radical (unpaired) electrons. The molecular formula is C12H26N2O. The molecule has 0 rings (SSSR count). The van der Waals surface area contributed by atoms with Crippen LogP contribution in [0.5, 0.6) is 0 Å². The number of hydrogen-bond donors (Lipinski definition) is 1. The summed E-state index contributed by atoms with van der Waals surface area (Å²) in [5, 5.41) is 0. The average molecular weight is 214 g/mol. The highest BCUT2D eigenvalue weighted by Gasteiger charge is 2.18. The largest absolute Gasteiger partial charge is 0.343 e. The summed E-state index contributed by atoms with van der Waals surface area (Å²) < 4.78 is 0. The standard InChI is InChI=1S/C12H26N2O/c1-9(2)6-11(8-13)7-12(15)14(5)10(3)4/h9-11H,6-8,13H2,1-5H3/t11-/m0/s1. The van der Waals surface area contributed by atoms with Crippen molar-refractivity contribution in [3.63, 3.8) is 0 Å². The van der Waals surface area contributed by atoms with Gasteiger partial charge in [-0.3, -0.25) is 4.79 Å². The van der Waals surface area contributed by atoms with E-state index in [4.69, 9.17) is 5.73 Å². The molecule has 3 nitrogen and oxygen atoms in total. The fourth-order valence-corrected chi connectivity index (χ4v) is 1.61. The van der Waals surface area contributed by atoms with Gasteiger partial charge in [-0.15, -0.1) is 0 Å². The Labute approximate surface area is 94.0 Å².